The Morgan fingerprint density at radius 3 is 2.18 bits per heavy atom. The van der Waals surface area contributed by atoms with Crippen molar-refractivity contribution in [1.82, 2.24) is 19.8 Å². The van der Waals surface area contributed by atoms with E-state index in [2.05, 4.69) is 15.4 Å². The number of aliphatic hydroxyl groups excluding tert-OH is 2. The summed E-state index contributed by atoms with van der Waals surface area (Å²) in [4.78, 5) is 62.9. The number of carboxylic acids is 1. The number of carboxylic acid groups (broad SMARTS) is 1. The van der Waals surface area contributed by atoms with Crippen LogP contribution >= 0.6 is 0 Å². The molecule has 2 aromatic rings. The summed E-state index contributed by atoms with van der Waals surface area (Å²) < 4.78 is 52.6. The van der Waals surface area contributed by atoms with Crippen molar-refractivity contribution in [2.24, 2.45) is 28.8 Å². The average Bonchev–Trinajstić information content (AvgIpc) is 2.13. The van der Waals surface area contributed by atoms with Crippen molar-refractivity contribution >= 4 is 34.5 Å². The fourth-order valence-electron chi connectivity index (χ4n) is 12.3. The zero-order valence-electron chi connectivity index (χ0n) is 52.7. The number of esters is 2. The van der Waals surface area contributed by atoms with E-state index in [1.54, 1.807) is 84.4 Å². The molecule has 0 amide bonds. The molecule has 18 atom stereocenters. The number of aromatic carboxylic acids is 1. The predicted molar refractivity (Wildman–Crippen MR) is 315 cm³/mol. The summed E-state index contributed by atoms with van der Waals surface area (Å²) in [7, 11) is 8.64. The molecule has 84 heavy (non-hydrogen) atoms. The minimum absolute atomic E-state index is 0.00241. The zero-order chi connectivity index (χ0) is 62.8. The number of aromatic nitrogens is 1. The van der Waals surface area contributed by atoms with Gasteiger partial charge >= 0.3 is 17.9 Å². The monoisotopic (exact) mass is 1190 g/mol. The highest BCUT2D eigenvalue weighted by Crippen LogP contribution is 2.42. The van der Waals surface area contributed by atoms with E-state index in [0.717, 1.165) is 13.1 Å². The van der Waals surface area contributed by atoms with Crippen LogP contribution in [0.2, 0.25) is 0 Å². The molecule has 0 bridgehead atoms. The Morgan fingerprint density at radius 1 is 0.893 bits per heavy atom. The Hall–Kier alpha value is -4.57. The lowest BCUT2D eigenvalue weighted by Gasteiger charge is -2.49. The number of carbonyl (C=O) groups excluding carboxylic acids is 2. The van der Waals surface area contributed by atoms with Crippen LogP contribution in [0.3, 0.4) is 0 Å². The normalized spacial score (nSPS) is 35.2. The van der Waals surface area contributed by atoms with E-state index in [1.807, 2.05) is 46.7 Å². The second-order valence-electron chi connectivity index (χ2n) is 24.3. The van der Waals surface area contributed by atoms with Crippen molar-refractivity contribution in [2.75, 3.05) is 86.2 Å². The predicted octanol–water partition coefficient (Wildman–Crippen LogP) is 3.75. The van der Waals surface area contributed by atoms with Crippen LogP contribution < -0.4 is 20.5 Å². The second kappa shape index (κ2) is 30.4. The standard InChI is InChI=1S/C60H100N6O18/c1-18-45-60(12,75)52(70)36(6)48(62-78-28-26-65(19-2)20-3)34(4)31-58(10,74)53(84-57-50(69)44(63(13)14)29-35(5)79-57)37(7)51(38(8)56(73)81-45)83-47-32-59(11,76-17)54(39(9)80-47)82-46(67)23-24-61-25-27-77-40-21-22-41-43(30-40)66(64(15)16)33-42(49(41)68)55(71)72/h21-22,30,33-39,44-45,47,50-54,57,61,69-70,74-75H,18-20,23-29,31-32H2,1-17H3,(H,71,72)/b62-48+/t34-,35-,36?,37+,38-,39+,44+,45-,47+,50-,51+,52-,53-,54+,57+,58-,59-,60-/m1/s1. The van der Waals surface area contributed by atoms with Crippen molar-refractivity contribution in [2.45, 2.75) is 199 Å². The number of fused-ring (bicyclic) bond motifs is 1. The van der Waals surface area contributed by atoms with Gasteiger partial charge in [-0.3, -0.25) is 19.1 Å². The first-order valence-electron chi connectivity index (χ1n) is 29.8. The van der Waals surface area contributed by atoms with Gasteiger partial charge < -0.3 is 88.4 Å². The number of hydrogen-bond acceptors (Lipinski definition) is 22. The van der Waals surface area contributed by atoms with E-state index in [9.17, 15) is 44.7 Å². The summed E-state index contributed by atoms with van der Waals surface area (Å²) in [5, 5.41) is 68.6. The number of methoxy groups -OCH3 is 1. The number of oxime groups is 1. The molecule has 0 radical (unpaired) electrons. The minimum Gasteiger partial charge on any atom is -0.492 e. The number of aliphatic hydroxyl groups is 4. The highest BCUT2D eigenvalue weighted by atomic mass is 16.7. The number of ether oxygens (including phenoxy) is 8. The molecule has 4 heterocycles. The van der Waals surface area contributed by atoms with Crippen molar-refractivity contribution in [3.8, 4) is 5.75 Å². The maximum Gasteiger partial charge on any atom is 0.341 e. The molecule has 3 aliphatic heterocycles. The summed E-state index contributed by atoms with van der Waals surface area (Å²) in [6.07, 6.45) is -8.93. The molecule has 478 valence electrons. The van der Waals surface area contributed by atoms with Crippen molar-refractivity contribution < 1.29 is 82.6 Å². The Morgan fingerprint density at radius 2 is 1.57 bits per heavy atom. The number of hydrogen-bond donors (Lipinski definition) is 6. The molecule has 1 aromatic heterocycles. The number of rotatable bonds is 23. The molecule has 5 rings (SSSR count). The number of cyclic esters (lactones) is 1. The van der Waals surface area contributed by atoms with Gasteiger partial charge in [0.1, 0.15) is 47.9 Å². The number of pyridine rings is 1. The third kappa shape index (κ3) is 16.9. The van der Waals surface area contributed by atoms with Crippen LogP contribution in [0.25, 0.3) is 10.9 Å². The van der Waals surface area contributed by atoms with Crippen molar-refractivity contribution in [3.05, 3.63) is 40.2 Å². The molecule has 1 aromatic carbocycles. The lowest BCUT2D eigenvalue weighted by molar-refractivity contribution is -0.318. The van der Waals surface area contributed by atoms with Gasteiger partial charge in [-0.15, -0.1) is 0 Å². The molecule has 0 spiro atoms. The molecule has 6 N–H and O–H groups in total. The van der Waals surface area contributed by atoms with Crippen LogP contribution in [-0.2, 0) is 47.6 Å². The summed E-state index contributed by atoms with van der Waals surface area (Å²) >= 11 is 0. The highest BCUT2D eigenvalue weighted by Gasteiger charge is 2.54. The smallest absolute Gasteiger partial charge is 0.341 e. The van der Waals surface area contributed by atoms with Crippen molar-refractivity contribution in [3.63, 3.8) is 0 Å². The highest BCUT2D eigenvalue weighted by molar-refractivity contribution is 5.93. The fraction of sp³-hybridized carbons (Fsp3) is 0.783. The third-order valence-electron chi connectivity index (χ3n) is 17.3. The van der Waals surface area contributed by atoms with Gasteiger partial charge in [-0.25, -0.2) is 4.79 Å². The van der Waals surface area contributed by atoms with Gasteiger partial charge in [-0.1, -0.05) is 46.7 Å². The molecular formula is C60H100N6O18. The number of carbonyl (C=O) groups is 3. The third-order valence-corrected chi connectivity index (χ3v) is 17.3. The van der Waals surface area contributed by atoms with E-state index in [4.69, 9.17) is 42.7 Å². The molecule has 3 saturated heterocycles. The number of likely N-dealkylation sites (N-methyl/N-ethyl adjacent to an activating group) is 2. The van der Waals surface area contributed by atoms with Crippen LogP contribution in [0, 0.1) is 23.7 Å². The molecule has 1 unspecified atom stereocenters. The fourth-order valence-corrected chi connectivity index (χ4v) is 12.3. The lowest BCUT2D eigenvalue weighted by atomic mass is 9.73. The average molecular weight is 1190 g/mol. The van der Waals surface area contributed by atoms with Crippen LogP contribution in [0.5, 0.6) is 5.75 Å². The van der Waals surface area contributed by atoms with E-state index >= 15 is 0 Å². The van der Waals surface area contributed by atoms with Gasteiger partial charge in [0.15, 0.2) is 18.7 Å². The molecular weight excluding hydrogens is 1090 g/mol. The van der Waals surface area contributed by atoms with Gasteiger partial charge in [0.2, 0.25) is 5.43 Å². The first-order valence-corrected chi connectivity index (χ1v) is 29.8. The summed E-state index contributed by atoms with van der Waals surface area (Å²) in [5.41, 5.74) is -5.15. The van der Waals surface area contributed by atoms with Gasteiger partial charge in [0.25, 0.3) is 0 Å². The Labute approximate surface area is 495 Å². The largest absolute Gasteiger partial charge is 0.492 e. The zero-order valence-corrected chi connectivity index (χ0v) is 52.7. The van der Waals surface area contributed by atoms with Gasteiger partial charge in [-0.2, -0.15) is 0 Å². The maximum absolute atomic E-state index is 14.8. The Balaban J connectivity index is 1.39. The topological polar surface area (TPSA) is 292 Å². The Bertz CT molecular complexity index is 2560. The minimum atomic E-state index is -2.00. The van der Waals surface area contributed by atoms with E-state index < -0.39 is 119 Å². The molecule has 3 fully saturated rings. The first kappa shape index (κ1) is 70.2. The molecule has 24 nitrogen and oxygen atoms in total. The summed E-state index contributed by atoms with van der Waals surface area (Å²) in [5.74, 6) is -5.73. The number of nitrogens with zero attached hydrogens (tertiary/aromatic N) is 5. The second-order valence-corrected chi connectivity index (χ2v) is 24.3. The molecule has 3 aliphatic rings. The van der Waals surface area contributed by atoms with E-state index in [1.165, 1.54) is 26.3 Å². The quantitative estimate of drug-likeness (QED) is 0.0525. The number of nitrogens with one attached hydrogen (secondary N) is 1. The van der Waals surface area contributed by atoms with Crippen LogP contribution in [0.4, 0.5) is 0 Å². The van der Waals surface area contributed by atoms with Crippen molar-refractivity contribution in [1.29, 1.82) is 0 Å². The molecule has 24 heteroatoms. The van der Waals surface area contributed by atoms with Crippen LogP contribution in [-0.4, -0.2) is 229 Å². The van der Waals surface area contributed by atoms with E-state index in [0.29, 0.717) is 36.5 Å². The van der Waals surface area contributed by atoms with E-state index in [-0.39, 0.29) is 68.5 Å². The SMILES string of the molecule is CC[C@H]1OC(=O)[C@H](C)[C@@H](O[C@H]2C[C@@](C)(OC)[C@@H](OC(=O)CCNCCOc3ccc4c(=O)c(C(=O)O)cn(N(C)C)c4c3)[C@H](C)O2)[C@H](C)[C@@H](O[C@@H]2O[C@H](C)C[C@H](N(C)C)[C@H]2O)[C@](C)(O)C[C@@H](C)/C(=N\OCCN(CC)CC)C(C)[C@@H](O)[C@]1(C)O. The lowest BCUT2D eigenvalue weighted by Crippen LogP contribution is -2.61. The maximum atomic E-state index is 14.8. The van der Waals surface area contributed by atoms with Gasteiger partial charge in [-0.05, 0) is 100 Å². The molecule has 0 saturated carbocycles. The molecule has 0 aliphatic carbocycles. The van der Waals surface area contributed by atoms with Gasteiger partial charge in [0, 0.05) is 88.7 Å². The Kier molecular flexibility index (Phi) is 25.4. The number of benzene rings is 1. The summed E-state index contributed by atoms with van der Waals surface area (Å²) in [6, 6.07) is 4.41. The van der Waals surface area contributed by atoms with Crippen LogP contribution in [0.15, 0.2) is 34.3 Å². The van der Waals surface area contributed by atoms with Crippen LogP contribution in [0.1, 0.15) is 126 Å². The first-order chi connectivity index (χ1) is 39.4. The summed E-state index contributed by atoms with van der Waals surface area (Å²) in [6.45, 7) is 24.4. The van der Waals surface area contributed by atoms with Gasteiger partial charge in [0.05, 0.1) is 59.7 Å².